The first-order valence-electron chi connectivity index (χ1n) is 20.1. The number of rotatable bonds is 9. The molecule has 21 heteroatoms. The van der Waals surface area contributed by atoms with Crippen molar-refractivity contribution in [2.75, 3.05) is 43.2 Å². The minimum atomic E-state index is -4.79. The van der Waals surface area contributed by atoms with Crippen molar-refractivity contribution in [1.82, 2.24) is 34.1 Å². The largest absolute Gasteiger partial charge is 0.433 e. The highest BCUT2D eigenvalue weighted by Gasteiger charge is 2.47. The Kier molecular flexibility index (Phi) is 11.0. The number of imidazole rings is 1. The van der Waals surface area contributed by atoms with Gasteiger partial charge < -0.3 is 10.2 Å². The topological polar surface area (TPSA) is 174 Å². The van der Waals surface area contributed by atoms with Gasteiger partial charge >= 0.3 is 11.9 Å². The van der Waals surface area contributed by atoms with E-state index >= 15 is 8.78 Å². The van der Waals surface area contributed by atoms with Crippen LogP contribution in [0, 0.1) is 5.92 Å². The molecule has 2 unspecified atom stereocenters. The number of piperidine rings is 2. The van der Waals surface area contributed by atoms with Gasteiger partial charge in [-0.15, -0.1) is 0 Å². The van der Waals surface area contributed by atoms with Crippen molar-refractivity contribution in [3.63, 3.8) is 0 Å². The first-order valence-corrected chi connectivity index (χ1v) is 22.0. The number of anilines is 2. The van der Waals surface area contributed by atoms with Gasteiger partial charge in [0.1, 0.15) is 17.4 Å². The molecule has 0 radical (unpaired) electrons. The number of sulfone groups is 1. The predicted octanol–water partition coefficient (Wildman–Crippen LogP) is 5.31. The van der Waals surface area contributed by atoms with Crippen molar-refractivity contribution >= 4 is 60.9 Å². The van der Waals surface area contributed by atoms with Crippen LogP contribution >= 0.6 is 0 Å². The van der Waals surface area contributed by atoms with Crippen LogP contribution in [0.4, 0.5) is 33.3 Å². The normalized spacial score (nSPS) is 22.4. The number of benzene rings is 2. The number of carbonyl (C=O) groups excluding carboxylic acids is 3. The standard InChI is InChI=1S/C41H44F5N9O6S/c1-51(34-16-17-53(22-40(34,42)43)29-7-5-8-30-36(29)52(2)39(59)55(30)31-14-15-35(56)49-38(31)58)20-23-10-12-25(13-11-23)54-21-24-18-28(32(62(3,60)61)19-27(24)50-54)48-37(57)26-6-4-9-33(47-26)41(44,45)46/h4-9,18-19,21,23,25,31,34H,10-17,20,22H2,1-3H3,(H,48,57)(H,49,56,58). The molecule has 2 aromatic carbocycles. The molecule has 0 spiro atoms. The zero-order valence-corrected chi connectivity index (χ0v) is 34.8. The minimum Gasteiger partial charge on any atom is -0.364 e. The van der Waals surface area contributed by atoms with Gasteiger partial charge in [-0.1, -0.05) is 12.1 Å². The fourth-order valence-electron chi connectivity index (χ4n) is 9.27. The summed E-state index contributed by atoms with van der Waals surface area (Å²) in [6, 6.07) is 8.59. The first-order chi connectivity index (χ1) is 29.2. The summed E-state index contributed by atoms with van der Waals surface area (Å²) < 4.78 is 102. The third kappa shape index (κ3) is 8.18. The molecule has 15 nitrogen and oxygen atoms in total. The summed E-state index contributed by atoms with van der Waals surface area (Å²) in [6.45, 7) is 0.164. The fraction of sp³-hybridized carbons (Fsp3) is 0.463. The van der Waals surface area contributed by atoms with Crippen LogP contribution in [0.15, 0.2) is 64.4 Å². The smallest absolute Gasteiger partial charge is 0.364 e. The van der Waals surface area contributed by atoms with Gasteiger partial charge in [-0.3, -0.25) is 38.4 Å². The third-order valence-corrected chi connectivity index (χ3v) is 13.5. The maximum atomic E-state index is 16.1. The number of carbonyl (C=O) groups is 3. The van der Waals surface area contributed by atoms with Crippen LogP contribution in [0.2, 0.25) is 0 Å². The van der Waals surface area contributed by atoms with Gasteiger partial charge in [0.2, 0.25) is 11.8 Å². The lowest BCUT2D eigenvalue weighted by molar-refractivity contribution is -0.141. The fourth-order valence-corrected chi connectivity index (χ4v) is 10.1. The zero-order valence-electron chi connectivity index (χ0n) is 34.0. The van der Waals surface area contributed by atoms with E-state index in [4.69, 9.17) is 0 Å². The minimum absolute atomic E-state index is 0.0776. The number of alkyl halides is 5. The van der Waals surface area contributed by atoms with Crippen LogP contribution in [0.1, 0.15) is 73.2 Å². The summed E-state index contributed by atoms with van der Waals surface area (Å²) in [5, 5.41) is 9.82. The van der Waals surface area contributed by atoms with E-state index in [1.807, 2.05) is 0 Å². The number of hydrogen-bond acceptors (Lipinski definition) is 10. The van der Waals surface area contributed by atoms with Crippen molar-refractivity contribution in [2.24, 2.45) is 13.0 Å². The second kappa shape index (κ2) is 15.9. The number of nitrogens with zero attached hydrogens (tertiary/aromatic N) is 7. The van der Waals surface area contributed by atoms with E-state index < -0.39 is 75.4 Å². The number of fused-ring (bicyclic) bond motifs is 2. The van der Waals surface area contributed by atoms with Gasteiger partial charge in [0.15, 0.2) is 9.84 Å². The van der Waals surface area contributed by atoms with Crippen LogP contribution in [0.5, 0.6) is 0 Å². The Bertz CT molecular complexity index is 2780. The van der Waals surface area contributed by atoms with Crippen LogP contribution < -0.4 is 21.2 Å². The molecule has 3 amide bonds. The van der Waals surface area contributed by atoms with Crippen molar-refractivity contribution in [3.8, 4) is 0 Å². The molecule has 2 atom stereocenters. The number of pyridine rings is 1. The second-order valence-corrected chi connectivity index (χ2v) is 18.6. The highest BCUT2D eigenvalue weighted by atomic mass is 32.2. The molecule has 1 aliphatic carbocycles. The van der Waals surface area contributed by atoms with Crippen molar-refractivity contribution in [1.29, 1.82) is 0 Å². The number of para-hydroxylation sites is 1. The Morgan fingerprint density at radius 3 is 2.42 bits per heavy atom. The quantitative estimate of drug-likeness (QED) is 0.146. The SMILES string of the molecule is CN(CC1CCC(n2cc3cc(NC(=O)c4cccc(C(F)(F)F)n4)c(S(C)(=O)=O)cc3n2)CC1)C1CCN(c2cccc3c2n(C)c(=O)n3C2CCC(=O)NC2=O)CC1(F)F. The Balaban J connectivity index is 0.917. The van der Waals surface area contributed by atoms with Crippen LogP contribution in [0.25, 0.3) is 21.9 Å². The molecule has 5 heterocycles. The summed E-state index contributed by atoms with van der Waals surface area (Å²) >= 11 is 0. The number of nitrogens with one attached hydrogen (secondary N) is 2. The molecule has 2 aliphatic heterocycles. The molecule has 5 aromatic rings. The molecule has 2 N–H and O–H groups in total. The molecule has 2 saturated heterocycles. The van der Waals surface area contributed by atoms with E-state index in [-0.39, 0.29) is 41.8 Å². The van der Waals surface area contributed by atoms with Gasteiger partial charge in [0, 0.05) is 44.4 Å². The highest BCUT2D eigenvalue weighted by molar-refractivity contribution is 7.90. The van der Waals surface area contributed by atoms with Gasteiger partial charge in [-0.05, 0) is 87.9 Å². The first kappa shape index (κ1) is 43.0. The monoisotopic (exact) mass is 885 g/mol. The molecule has 0 bridgehead atoms. The van der Waals surface area contributed by atoms with E-state index in [0.29, 0.717) is 53.6 Å². The van der Waals surface area contributed by atoms with Gasteiger partial charge in [0.25, 0.3) is 11.8 Å². The van der Waals surface area contributed by atoms with Gasteiger partial charge in [0.05, 0.1) is 51.4 Å². The lowest BCUT2D eigenvalue weighted by atomic mass is 9.85. The molecule has 3 fully saturated rings. The average molecular weight is 886 g/mol. The Labute approximate surface area is 351 Å². The molecular formula is C41H44F5N9O6S. The number of halogens is 5. The summed E-state index contributed by atoms with van der Waals surface area (Å²) in [6.07, 6.45) is 1.04. The van der Waals surface area contributed by atoms with E-state index in [0.717, 1.165) is 37.3 Å². The summed E-state index contributed by atoms with van der Waals surface area (Å²) in [5.41, 5.74) is -0.781. The molecular weight excluding hydrogens is 842 g/mol. The van der Waals surface area contributed by atoms with Crippen LogP contribution in [0.3, 0.4) is 0 Å². The van der Waals surface area contributed by atoms with E-state index in [9.17, 15) is 40.8 Å². The third-order valence-electron chi connectivity index (χ3n) is 12.3. The van der Waals surface area contributed by atoms with Crippen molar-refractivity contribution in [3.05, 3.63) is 76.6 Å². The molecule has 62 heavy (non-hydrogen) atoms. The highest BCUT2D eigenvalue weighted by Crippen LogP contribution is 2.39. The van der Waals surface area contributed by atoms with E-state index in [2.05, 4.69) is 20.7 Å². The summed E-state index contributed by atoms with van der Waals surface area (Å²) in [7, 11) is -0.678. The Hall–Kier alpha value is -5.70. The van der Waals surface area contributed by atoms with Crippen LogP contribution in [-0.2, 0) is 32.7 Å². The molecule has 3 aliphatic rings. The lowest BCUT2D eigenvalue weighted by Crippen LogP contribution is -2.58. The number of aromatic nitrogens is 5. The van der Waals surface area contributed by atoms with E-state index in [1.165, 1.54) is 21.3 Å². The van der Waals surface area contributed by atoms with Gasteiger partial charge in [-0.25, -0.2) is 27.0 Å². The number of amides is 3. The molecule has 3 aromatic heterocycles. The molecule has 1 saturated carbocycles. The lowest BCUT2D eigenvalue weighted by Gasteiger charge is -2.44. The number of aryl methyl sites for hydroxylation is 1. The average Bonchev–Trinajstić information content (AvgIpc) is 3.74. The Morgan fingerprint density at radius 1 is 1.02 bits per heavy atom. The maximum Gasteiger partial charge on any atom is 0.433 e. The van der Waals surface area contributed by atoms with Crippen molar-refractivity contribution < 1.29 is 44.8 Å². The second-order valence-electron chi connectivity index (χ2n) is 16.6. The Morgan fingerprint density at radius 2 is 1.74 bits per heavy atom. The zero-order chi connectivity index (χ0) is 44.5. The molecule has 330 valence electrons. The van der Waals surface area contributed by atoms with Crippen LogP contribution in [-0.4, -0.2) is 99.8 Å². The summed E-state index contributed by atoms with van der Waals surface area (Å²) in [5.74, 6) is -5.01. The van der Waals surface area contributed by atoms with Gasteiger partial charge in [-0.2, -0.15) is 18.3 Å². The maximum absolute atomic E-state index is 16.1. The number of imide groups is 1. The van der Waals surface area contributed by atoms with Crippen molar-refractivity contribution in [2.45, 2.75) is 80.1 Å². The predicted molar refractivity (Wildman–Crippen MR) is 218 cm³/mol. The molecule has 8 rings (SSSR count). The summed E-state index contributed by atoms with van der Waals surface area (Å²) in [4.78, 5) is 57.3. The van der Waals surface area contributed by atoms with E-state index in [1.54, 1.807) is 53.0 Å². The number of hydrogen-bond donors (Lipinski definition) is 2.